The fourth-order valence-electron chi connectivity index (χ4n) is 5.14. The van der Waals surface area contributed by atoms with Gasteiger partial charge in [-0.15, -0.1) is 0 Å². The van der Waals surface area contributed by atoms with E-state index in [0.29, 0.717) is 42.5 Å². The topological polar surface area (TPSA) is 97.6 Å². The number of amides is 2. The van der Waals surface area contributed by atoms with Crippen molar-refractivity contribution in [3.63, 3.8) is 0 Å². The Labute approximate surface area is 204 Å². The summed E-state index contributed by atoms with van der Waals surface area (Å²) in [6, 6.07) is 16.5. The summed E-state index contributed by atoms with van der Waals surface area (Å²) in [5.74, 6) is 0.960. The van der Waals surface area contributed by atoms with Crippen LogP contribution in [0.2, 0.25) is 0 Å². The number of nitrogens with zero attached hydrogens (tertiary/aromatic N) is 3. The van der Waals surface area contributed by atoms with E-state index < -0.39 is 0 Å². The summed E-state index contributed by atoms with van der Waals surface area (Å²) >= 11 is 0. The van der Waals surface area contributed by atoms with Crippen LogP contribution in [0, 0.1) is 5.92 Å². The SMILES string of the molecule is CCOc1ccccc1C(=O)N[C@H]1C[C@H](C(=O)N2CCCC2)C[C@H]1c1nc(-c2ccccc2)no1. The molecule has 1 saturated heterocycles. The normalized spacial score (nSPS) is 21.7. The van der Waals surface area contributed by atoms with Gasteiger partial charge in [0.25, 0.3) is 5.91 Å². The van der Waals surface area contributed by atoms with Gasteiger partial charge in [0.1, 0.15) is 5.75 Å². The van der Waals surface area contributed by atoms with Crippen molar-refractivity contribution in [2.45, 2.75) is 44.6 Å². The third-order valence-electron chi connectivity index (χ3n) is 6.87. The molecule has 2 fully saturated rings. The van der Waals surface area contributed by atoms with Gasteiger partial charge in [0.15, 0.2) is 0 Å². The number of carbonyl (C=O) groups is 2. The number of likely N-dealkylation sites (tertiary alicyclic amines) is 1. The second kappa shape index (κ2) is 10.3. The van der Waals surface area contributed by atoms with Gasteiger partial charge in [0.2, 0.25) is 17.6 Å². The van der Waals surface area contributed by atoms with Crippen LogP contribution in [0.4, 0.5) is 0 Å². The van der Waals surface area contributed by atoms with E-state index in [9.17, 15) is 9.59 Å². The number of carbonyl (C=O) groups excluding carboxylic acids is 2. The molecule has 3 aromatic rings. The number of rotatable bonds is 7. The molecule has 5 rings (SSSR count). The Kier molecular flexibility index (Phi) is 6.79. The average Bonchev–Trinajstić information content (AvgIpc) is 3.66. The Morgan fingerprint density at radius 2 is 1.80 bits per heavy atom. The monoisotopic (exact) mass is 474 g/mol. The number of benzene rings is 2. The summed E-state index contributed by atoms with van der Waals surface area (Å²) in [5, 5.41) is 7.32. The molecule has 2 amide bonds. The second-order valence-corrected chi connectivity index (χ2v) is 9.14. The van der Waals surface area contributed by atoms with Crippen LogP contribution in [-0.4, -0.2) is 52.6 Å². The van der Waals surface area contributed by atoms with Crippen LogP contribution < -0.4 is 10.1 Å². The van der Waals surface area contributed by atoms with E-state index in [1.807, 2.05) is 54.3 Å². The quantitative estimate of drug-likeness (QED) is 0.555. The molecule has 2 heterocycles. The Morgan fingerprint density at radius 3 is 2.57 bits per heavy atom. The van der Waals surface area contributed by atoms with Gasteiger partial charge < -0.3 is 19.5 Å². The van der Waals surface area contributed by atoms with Crippen LogP contribution in [0.5, 0.6) is 5.75 Å². The predicted molar refractivity (Wildman–Crippen MR) is 130 cm³/mol. The minimum atomic E-state index is -0.308. The summed E-state index contributed by atoms with van der Waals surface area (Å²) in [5.41, 5.74) is 1.33. The minimum absolute atomic E-state index is 0.154. The van der Waals surface area contributed by atoms with Gasteiger partial charge in [-0.2, -0.15) is 4.98 Å². The lowest BCUT2D eigenvalue weighted by Crippen LogP contribution is -2.38. The highest BCUT2D eigenvalue weighted by atomic mass is 16.5. The van der Waals surface area contributed by atoms with Crippen molar-refractivity contribution in [1.82, 2.24) is 20.4 Å². The van der Waals surface area contributed by atoms with Crippen LogP contribution in [0.25, 0.3) is 11.4 Å². The largest absolute Gasteiger partial charge is 0.493 e. The lowest BCUT2D eigenvalue weighted by Gasteiger charge is -2.20. The van der Waals surface area contributed by atoms with Gasteiger partial charge in [0.05, 0.1) is 18.1 Å². The third kappa shape index (κ3) is 4.92. The van der Waals surface area contributed by atoms with Crippen molar-refractivity contribution in [3.8, 4) is 17.1 Å². The highest BCUT2D eigenvalue weighted by Gasteiger charge is 2.44. The molecule has 0 bridgehead atoms. The van der Waals surface area contributed by atoms with E-state index in [1.54, 1.807) is 12.1 Å². The van der Waals surface area contributed by atoms with Crippen molar-refractivity contribution in [2.24, 2.45) is 5.92 Å². The van der Waals surface area contributed by atoms with Gasteiger partial charge in [-0.05, 0) is 44.7 Å². The zero-order valence-electron chi connectivity index (χ0n) is 19.9. The van der Waals surface area contributed by atoms with Crippen LogP contribution in [0.15, 0.2) is 59.1 Å². The first-order valence-electron chi connectivity index (χ1n) is 12.3. The first kappa shape index (κ1) is 23.1. The summed E-state index contributed by atoms with van der Waals surface area (Å²) in [6.45, 7) is 3.96. The van der Waals surface area contributed by atoms with E-state index >= 15 is 0 Å². The van der Waals surface area contributed by atoms with Gasteiger partial charge in [-0.25, -0.2) is 0 Å². The van der Waals surface area contributed by atoms with Gasteiger partial charge in [-0.1, -0.05) is 47.6 Å². The highest BCUT2D eigenvalue weighted by Crippen LogP contribution is 2.40. The standard InChI is InChI=1S/C27H30N4O4/c1-2-34-23-13-7-6-12-20(23)25(32)28-22-17-19(27(33)31-14-8-9-15-31)16-21(22)26-29-24(30-35-26)18-10-4-3-5-11-18/h3-7,10-13,19,21-22H,2,8-9,14-17H2,1H3,(H,28,32)/t19-,21-,22+/m1/s1. The summed E-state index contributed by atoms with van der Waals surface area (Å²) < 4.78 is 11.3. The van der Waals surface area contributed by atoms with Crippen molar-refractivity contribution >= 4 is 11.8 Å². The molecular weight excluding hydrogens is 444 g/mol. The first-order chi connectivity index (χ1) is 17.1. The Hall–Kier alpha value is -3.68. The van der Waals surface area contributed by atoms with Crippen molar-refractivity contribution < 1.29 is 18.8 Å². The lowest BCUT2D eigenvalue weighted by molar-refractivity contribution is -0.134. The Balaban J connectivity index is 1.40. The first-order valence-corrected chi connectivity index (χ1v) is 12.3. The molecule has 35 heavy (non-hydrogen) atoms. The predicted octanol–water partition coefficient (Wildman–Crippen LogP) is 4.05. The van der Waals surface area contributed by atoms with Crippen molar-refractivity contribution in [1.29, 1.82) is 0 Å². The maximum atomic E-state index is 13.3. The van der Waals surface area contributed by atoms with E-state index in [1.165, 1.54) is 0 Å². The van der Waals surface area contributed by atoms with Crippen LogP contribution in [0.1, 0.15) is 54.8 Å². The fourth-order valence-corrected chi connectivity index (χ4v) is 5.14. The zero-order chi connectivity index (χ0) is 24.2. The number of hydrogen-bond acceptors (Lipinski definition) is 6. The second-order valence-electron chi connectivity index (χ2n) is 9.14. The van der Waals surface area contributed by atoms with Gasteiger partial charge in [0, 0.05) is 30.6 Å². The molecule has 8 heteroatoms. The molecule has 1 aromatic heterocycles. The highest BCUT2D eigenvalue weighted by molar-refractivity contribution is 5.97. The molecule has 1 saturated carbocycles. The molecule has 2 aliphatic rings. The number of para-hydroxylation sites is 1. The molecule has 0 radical (unpaired) electrons. The van der Waals surface area contributed by atoms with Crippen LogP contribution in [-0.2, 0) is 4.79 Å². The molecule has 182 valence electrons. The fraction of sp³-hybridized carbons (Fsp3) is 0.407. The molecule has 2 aromatic carbocycles. The van der Waals surface area contributed by atoms with Gasteiger partial charge >= 0.3 is 0 Å². The van der Waals surface area contributed by atoms with Crippen molar-refractivity contribution in [3.05, 3.63) is 66.1 Å². The molecule has 1 aliphatic heterocycles. The molecule has 0 spiro atoms. The van der Waals surface area contributed by atoms with Crippen LogP contribution >= 0.6 is 0 Å². The number of hydrogen-bond donors (Lipinski definition) is 1. The summed E-state index contributed by atoms with van der Waals surface area (Å²) in [6.07, 6.45) is 3.18. The maximum Gasteiger partial charge on any atom is 0.255 e. The van der Waals surface area contributed by atoms with E-state index in [2.05, 4.69) is 15.5 Å². The number of ether oxygens (including phenoxy) is 1. The molecule has 1 aliphatic carbocycles. The summed E-state index contributed by atoms with van der Waals surface area (Å²) in [7, 11) is 0. The maximum absolute atomic E-state index is 13.3. The number of aromatic nitrogens is 2. The lowest BCUT2D eigenvalue weighted by atomic mass is 10.0. The summed E-state index contributed by atoms with van der Waals surface area (Å²) in [4.78, 5) is 33.1. The van der Waals surface area contributed by atoms with E-state index in [0.717, 1.165) is 31.5 Å². The van der Waals surface area contributed by atoms with E-state index in [-0.39, 0.29) is 29.7 Å². The molecule has 8 nitrogen and oxygen atoms in total. The third-order valence-corrected chi connectivity index (χ3v) is 6.87. The Bertz CT molecular complexity index is 1170. The van der Waals surface area contributed by atoms with E-state index in [4.69, 9.17) is 9.26 Å². The Morgan fingerprint density at radius 1 is 1.06 bits per heavy atom. The minimum Gasteiger partial charge on any atom is -0.493 e. The van der Waals surface area contributed by atoms with Gasteiger partial charge in [-0.3, -0.25) is 9.59 Å². The molecule has 1 N–H and O–H groups in total. The molecule has 3 atom stereocenters. The van der Waals surface area contributed by atoms with Crippen molar-refractivity contribution in [2.75, 3.05) is 19.7 Å². The number of nitrogens with one attached hydrogen (secondary N) is 1. The molecule has 0 unspecified atom stereocenters. The zero-order valence-corrected chi connectivity index (χ0v) is 19.9. The van der Waals surface area contributed by atoms with Crippen LogP contribution in [0.3, 0.4) is 0 Å². The molecular formula is C27H30N4O4. The smallest absolute Gasteiger partial charge is 0.255 e. The average molecular weight is 475 g/mol.